The lowest BCUT2D eigenvalue weighted by Crippen LogP contribution is -2.25. The molecule has 1 aromatic rings. The molecule has 0 amide bonds. The molecule has 8 heteroatoms. The standard InChI is InChI=1S/C11H15FN2O4S/c1-13(6-7-19(2,17)18)8-9-4-3-5-10(11(9)12)14(15)16/h3-5H,6-8H2,1-2H3. The summed E-state index contributed by atoms with van der Waals surface area (Å²) in [7, 11) is -1.46. The van der Waals surface area contributed by atoms with Crippen LogP contribution in [0.4, 0.5) is 10.1 Å². The van der Waals surface area contributed by atoms with E-state index in [0.717, 1.165) is 12.3 Å². The van der Waals surface area contributed by atoms with Crippen molar-refractivity contribution in [3.8, 4) is 0 Å². The van der Waals surface area contributed by atoms with Gasteiger partial charge >= 0.3 is 5.69 Å². The number of sulfone groups is 1. The van der Waals surface area contributed by atoms with Gasteiger partial charge in [0.2, 0.25) is 5.82 Å². The van der Waals surface area contributed by atoms with Crippen molar-refractivity contribution in [2.75, 3.05) is 25.6 Å². The summed E-state index contributed by atoms with van der Waals surface area (Å²) in [4.78, 5) is 11.4. The first-order valence-electron chi connectivity index (χ1n) is 5.49. The van der Waals surface area contributed by atoms with Crippen LogP contribution in [0.1, 0.15) is 5.56 Å². The van der Waals surface area contributed by atoms with Gasteiger partial charge in [-0.2, -0.15) is 4.39 Å². The molecule has 0 saturated heterocycles. The van der Waals surface area contributed by atoms with E-state index in [-0.39, 0.29) is 24.4 Å². The number of nitro groups is 1. The van der Waals surface area contributed by atoms with Crippen LogP contribution in [-0.2, 0) is 16.4 Å². The van der Waals surface area contributed by atoms with Gasteiger partial charge in [0, 0.05) is 31.0 Å². The Morgan fingerprint density at radius 1 is 1.42 bits per heavy atom. The topological polar surface area (TPSA) is 80.5 Å². The third kappa shape index (κ3) is 4.92. The minimum atomic E-state index is -3.09. The number of nitro benzene ring substituents is 1. The zero-order valence-electron chi connectivity index (χ0n) is 10.7. The van der Waals surface area contributed by atoms with Crippen molar-refractivity contribution in [2.24, 2.45) is 0 Å². The third-order valence-electron chi connectivity index (χ3n) is 2.54. The molecule has 0 unspecified atom stereocenters. The van der Waals surface area contributed by atoms with Crippen LogP contribution in [0, 0.1) is 15.9 Å². The molecule has 0 fully saturated rings. The Bertz CT molecular complexity index is 574. The van der Waals surface area contributed by atoms with Crippen molar-refractivity contribution in [3.05, 3.63) is 39.7 Å². The van der Waals surface area contributed by atoms with Gasteiger partial charge in [-0.15, -0.1) is 0 Å². The molecule has 0 radical (unpaired) electrons. The van der Waals surface area contributed by atoms with Crippen molar-refractivity contribution in [2.45, 2.75) is 6.54 Å². The molecule has 6 nitrogen and oxygen atoms in total. The molecule has 0 aliphatic heterocycles. The molecule has 0 spiro atoms. The molecular formula is C11H15FN2O4S. The third-order valence-corrected chi connectivity index (χ3v) is 3.46. The largest absolute Gasteiger partial charge is 0.305 e. The lowest BCUT2D eigenvalue weighted by Gasteiger charge is -2.16. The highest BCUT2D eigenvalue weighted by Gasteiger charge is 2.18. The molecule has 0 N–H and O–H groups in total. The maximum Gasteiger partial charge on any atom is 0.305 e. The van der Waals surface area contributed by atoms with E-state index in [9.17, 15) is 22.9 Å². The quantitative estimate of drug-likeness (QED) is 0.581. The van der Waals surface area contributed by atoms with Crippen LogP contribution in [0.25, 0.3) is 0 Å². The van der Waals surface area contributed by atoms with Crippen molar-refractivity contribution < 1.29 is 17.7 Å². The van der Waals surface area contributed by atoms with Crippen LogP contribution in [-0.4, -0.2) is 43.8 Å². The average Bonchev–Trinajstić information content (AvgIpc) is 2.28. The fourth-order valence-electron chi connectivity index (χ4n) is 1.52. The highest BCUT2D eigenvalue weighted by atomic mass is 32.2. The number of nitrogens with zero attached hydrogens (tertiary/aromatic N) is 2. The Morgan fingerprint density at radius 3 is 2.58 bits per heavy atom. The normalized spacial score (nSPS) is 11.8. The summed E-state index contributed by atoms with van der Waals surface area (Å²) < 4.78 is 35.8. The molecular weight excluding hydrogens is 275 g/mol. The maximum atomic E-state index is 13.8. The van der Waals surface area contributed by atoms with E-state index in [1.54, 1.807) is 11.9 Å². The van der Waals surface area contributed by atoms with Crippen LogP contribution in [0.3, 0.4) is 0 Å². The van der Waals surface area contributed by atoms with Crippen molar-refractivity contribution in [1.82, 2.24) is 4.90 Å². The first-order chi connectivity index (χ1) is 8.70. The first kappa shape index (κ1) is 15.5. The second-order valence-electron chi connectivity index (χ2n) is 4.38. The second-order valence-corrected chi connectivity index (χ2v) is 6.63. The van der Waals surface area contributed by atoms with Gasteiger partial charge < -0.3 is 4.90 Å². The molecule has 0 aliphatic rings. The molecule has 0 heterocycles. The summed E-state index contributed by atoms with van der Waals surface area (Å²) in [5.74, 6) is -0.918. The second kappa shape index (κ2) is 6.07. The number of benzene rings is 1. The fourth-order valence-corrected chi connectivity index (χ4v) is 2.16. The Morgan fingerprint density at radius 2 is 2.05 bits per heavy atom. The average molecular weight is 290 g/mol. The fraction of sp³-hybridized carbons (Fsp3) is 0.455. The van der Waals surface area contributed by atoms with E-state index in [4.69, 9.17) is 0 Å². The van der Waals surface area contributed by atoms with Gasteiger partial charge in [-0.1, -0.05) is 12.1 Å². The first-order valence-corrected chi connectivity index (χ1v) is 7.55. The van der Waals surface area contributed by atoms with Crippen LogP contribution in [0.5, 0.6) is 0 Å². The Labute approximate surface area is 110 Å². The SMILES string of the molecule is CN(CCS(C)(=O)=O)Cc1cccc([N+](=O)[O-])c1F. The van der Waals surface area contributed by atoms with E-state index in [2.05, 4.69) is 0 Å². The van der Waals surface area contributed by atoms with Gasteiger partial charge in [0.1, 0.15) is 9.84 Å². The van der Waals surface area contributed by atoms with Gasteiger partial charge in [0.05, 0.1) is 10.7 Å². The molecule has 19 heavy (non-hydrogen) atoms. The molecule has 0 bridgehead atoms. The highest BCUT2D eigenvalue weighted by Crippen LogP contribution is 2.20. The molecule has 1 rings (SSSR count). The van der Waals surface area contributed by atoms with E-state index in [0.29, 0.717) is 0 Å². The highest BCUT2D eigenvalue weighted by molar-refractivity contribution is 7.90. The minimum Gasteiger partial charge on any atom is -0.301 e. The minimum absolute atomic E-state index is 0.0416. The molecule has 106 valence electrons. The van der Waals surface area contributed by atoms with Crippen molar-refractivity contribution in [3.63, 3.8) is 0 Å². The van der Waals surface area contributed by atoms with Gasteiger partial charge in [-0.3, -0.25) is 10.1 Å². The summed E-state index contributed by atoms with van der Waals surface area (Å²) in [6, 6.07) is 3.94. The number of halogens is 1. The molecule has 0 aliphatic carbocycles. The van der Waals surface area contributed by atoms with Crippen molar-refractivity contribution in [1.29, 1.82) is 0 Å². The molecule has 0 atom stereocenters. The molecule has 0 aromatic heterocycles. The molecule has 1 aromatic carbocycles. The molecule has 0 saturated carbocycles. The van der Waals surface area contributed by atoms with Crippen LogP contribution >= 0.6 is 0 Å². The zero-order chi connectivity index (χ0) is 14.6. The van der Waals surface area contributed by atoms with E-state index < -0.39 is 26.3 Å². The predicted molar refractivity (Wildman–Crippen MR) is 69.1 cm³/mol. The summed E-state index contributed by atoms with van der Waals surface area (Å²) in [5.41, 5.74) is -0.404. The number of hydrogen-bond donors (Lipinski definition) is 0. The zero-order valence-corrected chi connectivity index (χ0v) is 11.5. The summed E-state index contributed by atoms with van der Waals surface area (Å²) >= 11 is 0. The van der Waals surface area contributed by atoms with Gasteiger partial charge in [-0.05, 0) is 7.05 Å². The van der Waals surface area contributed by atoms with E-state index in [1.165, 1.54) is 12.1 Å². The summed E-state index contributed by atoms with van der Waals surface area (Å²) in [6.07, 6.45) is 1.12. The van der Waals surface area contributed by atoms with Crippen LogP contribution in [0.15, 0.2) is 18.2 Å². The van der Waals surface area contributed by atoms with E-state index >= 15 is 0 Å². The van der Waals surface area contributed by atoms with Crippen LogP contribution < -0.4 is 0 Å². The monoisotopic (exact) mass is 290 g/mol. The number of rotatable bonds is 6. The predicted octanol–water partition coefficient (Wildman–Crippen LogP) is 1.21. The summed E-state index contributed by atoms with van der Waals surface area (Å²) in [5, 5.41) is 10.6. The van der Waals surface area contributed by atoms with E-state index in [1.807, 2.05) is 0 Å². The van der Waals surface area contributed by atoms with Gasteiger partial charge in [0.25, 0.3) is 0 Å². The Hall–Kier alpha value is -1.54. The van der Waals surface area contributed by atoms with Gasteiger partial charge in [-0.25, -0.2) is 8.42 Å². The lowest BCUT2D eigenvalue weighted by molar-refractivity contribution is -0.387. The summed E-state index contributed by atoms with van der Waals surface area (Å²) in [6.45, 7) is 0.351. The Balaban J connectivity index is 2.77. The van der Waals surface area contributed by atoms with Gasteiger partial charge in [0.15, 0.2) is 0 Å². The van der Waals surface area contributed by atoms with Crippen LogP contribution in [0.2, 0.25) is 0 Å². The maximum absolute atomic E-state index is 13.8. The smallest absolute Gasteiger partial charge is 0.301 e. The van der Waals surface area contributed by atoms with Crippen molar-refractivity contribution >= 4 is 15.5 Å². The Kier molecular flexibility index (Phi) is 4.96. The number of hydrogen-bond acceptors (Lipinski definition) is 5. The lowest BCUT2D eigenvalue weighted by atomic mass is 10.2.